The van der Waals surface area contributed by atoms with E-state index >= 15 is 0 Å². The Morgan fingerprint density at radius 1 is 1.03 bits per heavy atom. The van der Waals surface area contributed by atoms with Gasteiger partial charge in [-0.2, -0.15) is 0 Å². The van der Waals surface area contributed by atoms with Crippen LogP contribution in [0.4, 0.5) is 0 Å². The average Bonchev–Trinajstić information content (AvgIpc) is 3.09. The van der Waals surface area contributed by atoms with E-state index in [1.54, 1.807) is 12.4 Å². The molecule has 0 saturated carbocycles. The quantitative estimate of drug-likeness (QED) is 0.619. The van der Waals surface area contributed by atoms with E-state index in [2.05, 4.69) is 4.98 Å². The van der Waals surface area contributed by atoms with Crippen LogP contribution >= 0.6 is 0 Å². The molecule has 2 atom stereocenters. The van der Waals surface area contributed by atoms with Crippen molar-refractivity contribution in [3.63, 3.8) is 0 Å². The third-order valence-corrected chi connectivity index (χ3v) is 6.35. The molecular weight excluding hydrogens is 406 g/mol. The van der Waals surface area contributed by atoms with Crippen LogP contribution < -0.4 is 15.0 Å². The molecule has 2 aromatic heterocycles. The van der Waals surface area contributed by atoms with E-state index in [-0.39, 0.29) is 29.7 Å². The number of pyridine rings is 2. The molecule has 2 unspecified atom stereocenters. The van der Waals surface area contributed by atoms with Gasteiger partial charge in [0.15, 0.2) is 0 Å². The topological polar surface area (TPSA) is 73.7 Å². The fraction of sp³-hybridized carbons (Fsp3) is 0.320. The smallest absolute Gasteiger partial charge is 0.259 e. The molecule has 7 nitrogen and oxygen atoms in total. The summed E-state index contributed by atoms with van der Waals surface area (Å²) in [5.74, 6) is 0.821. The summed E-state index contributed by atoms with van der Waals surface area (Å²) in [6, 6.07) is 16.5. The Morgan fingerprint density at radius 2 is 1.75 bits per heavy atom. The highest BCUT2D eigenvalue weighted by Gasteiger charge is 2.45. The Morgan fingerprint density at radius 3 is 2.41 bits per heavy atom. The van der Waals surface area contributed by atoms with Crippen molar-refractivity contribution in [3.05, 3.63) is 82.9 Å². The molecule has 5 rings (SSSR count). The Labute approximate surface area is 186 Å². The first-order valence-corrected chi connectivity index (χ1v) is 10.9. The third kappa shape index (κ3) is 3.75. The second-order valence-corrected chi connectivity index (χ2v) is 8.28. The van der Waals surface area contributed by atoms with Crippen LogP contribution in [0.1, 0.15) is 36.0 Å². The number of hydrogen-bond donors (Lipinski definition) is 0. The number of piperidine rings is 1. The van der Waals surface area contributed by atoms with E-state index in [0.717, 1.165) is 25.7 Å². The summed E-state index contributed by atoms with van der Waals surface area (Å²) < 4.78 is 13.0. The molecule has 7 heteroatoms. The number of hydrogen-bond acceptors (Lipinski definition) is 5. The van der Waals surface area contributed by atoms with E-state index in [9.17, 15) is 9.59 Å². The van der Waals surface area contributed by atoms with E-state index in [4.69, 9.17) is 9.47 Å². The lowest BCUT2D eigenvalue weighted by Crippen LogP contribution is -2.49. The first kappa shape index (κ1) is 20.3. The van der Waals surface area contributed by atoms with Gasteiger partial charge in [0.25, 0.3) is 11.5 Å². The number of carbonyl (C=O) groups is 1. The molecule has 1 amide bonds. The Kier molecular flexibility index (Phi) is 5.39. The van der Waals surface area contributed by atoms with Crippen molar-refractivity contribution in [2.75, 3.05) is 7.11 Å². The molecule has 32 heavy (non-hydrogen) atoms. The van der Waals surface area contributed by atoms with Gasteiger partial charge in [0.2, 0.25) is 5.88 Å². The fourth-order valence-electron chi connectivity index (χ4n) is 4.92. The van der Waals surface area contributed by atoms with Crippen LogP contribution in [0.5, 0.6) is 11.6 Å². The molecule has 0 aliphatic carbocycles. The molecule has 0 radical (unpaired) electrons. The number of benzene rings is 1. The number of aromatic nitrogens is 2. The number of amides is 1. The maximum Gasteiger partial charge on any atom is 0.259 e. The van der Waals surface area contributed by atoms with Gasteiger partial charge < -0.3 is 14.4 Å². The number of nitrogens with zero attached hydrogens (tertiary/aromatic N) is 3. The summed E-state index contributed by atoms with van der Waals surface area (Å²) in [4.78, 5) is 32.6. The molecule has 1 aromatic carbocycles. The Hall–Kier alpha value is -3.61. The van der Waals surface area contributed by atoms with E-state index in [1.807, 2.05) is 53.4 Å². The van der Waals surface area contributed by atoms with Gasteiger partial charge in [-0.25, -0.2) is 4.98 Å². The average molecular weight is 431 g/mol. The molecule has 2 saturated heterocycles. The maximum absolute atomic E-state index is 13.7. The van der Waals surface area contributed by atoms with E-state index in [0.29, 0.717) is 22.9 Å². The lowest BCUT2D eigenvalue weighted by molar-refractivity contribution is 0.0345. The summed E-state index contributed by atoms with van der Waals surface area (Å²) in [5, 5.41) is 0. The first-order valence-electron chi connectivity index (χ1n) is 10.9. The molecule has 2 fully saturated rings. The molecule has 0 spiro atoms. The van der Waals surface area contributed by atoms with Gasteiger partial charge in [0, 0.05) is 55.1 Å². The minimum atomic E-state index is -0.241. The zero-order valence-corrected chi connectivity index (χ0v) is 17.9. The number of methoxy groups -OCH3 is 1. The van der Waals surface area contributed by atoms with Crippen LogP contribution in [-0.4, -0.2) is 45.7 Å². The number of para-hydroxylation sites is 1. The highest BCUT2D eigenvalue weighted by Crippen LogP contribution is 2.39. The molecule has 0 N–H and O–H groups in total. The second kappa shape index (κ2) is 8.49. The highest BCUT2D eigenvalue weighted by molar-refractivity contribution is 5.97. The van der Waals surface area contributed by atoms with Crippen molar-refractivity contribution in [2.24, 2.45) is 0 Å². The van der Waals surface area contributed by atoms with Crippen molar-refractivity contribution in [1.82, 2.24) is 14.5 Å². The van der Waals surface area contributed by atoms with Crippen LogP contribution in [0.25, 0.3) is 5.69 Å². The van der Waals surface area contributed by atoms with Gasteiger partial charge in [-0.15, -0.1) is 0 Å². The van der Waals surface area contributed by atoms with Gasteiger partial charge in [-0.3, -0.25) is 14.2 Å². The molecule has 2 bridgehead atoms. The van der Waals surface area contributed by atoms with Crippen LogP contribution in [0.2, 0.25) is 0 Å². The molecule has 2 aliphatic rings. The van der Waals surface area contributed by atoms with Crippen LogP contribution in [-0.2, 0) is 0 Å². The zero-order valence-electron chi connectivity index (χ0n) is 17.9. The number of rotatable bonds is 5. The fourth-order valence-corrected chi connectivity index (χ4v) is 4.92. The predicted octanol–water partition coefficient (Wildman–Crippen LogP) is 3.46. The third-order valence-electron chi connectivity index (χ3n) is 6.35. The molecule has 4 heterocycles. The molecular formula is C25H25N3O4. The van der Waals surface area contributed by atoms with E-state index in [1.165, 1.54) is 17.7 Å². The largest absolute Gasteiger partial charge is 0.496 e. The number of fused-ring (bicyclic) bond motifs is 2. The number of ether oxygens (including phenoxy) is 2. The Bertz CT molecular complexity index is 1150. The first-order chi connectivity index (χ1) is 15.6. The van der Waals surface area contributed by atoms with Crippen molar-refractivity contribution in [1.29, 1.82) is 0 Å². The second-order valence-electron chi connectivity index (χ2n) is 8.28. The minimum absolute atomic E-state index is 0.0339. The highest BCUT2D eigenvalue weighted by atomic mass is 16.5. The summed E-state index contributed by atoms with van der Waals surface area (Å²) in [5.41, 5.74) is 0.867. The van der Waals surface area contributed by atoms with Crippen LogP contribution in [0.15, 0.2) is 71.8 Å². The zero-order chi connectivity index (χ0) is 22.1. The normalized spacial score (nSPS) is 21.9. The van der Waals surface area contributed by atoms with E-state index < -0.39 is 0 Å². The van der Waals surface area contributed by atoms with Gasteiger partial charge in [-0.05, 0) is 31.0 Å². The molecule has 164 valence electrons. The SMILES string of the molecule is COc1cc(=O)n(-c2ccccc2)cc1C(=O)N1C2CCC1CC(Oc1ccccn1)C2. The van der Waals surface area contributed by atoms with Crippen LogP contribution in [0.3, 0.4) is 0 Å². The van der Waals surface area contributed by atoms with Gasteiger partial charge in [-0.1, -0.05) is 24.3 Å². The minimum Gasteiger partial charge on any atom is -0.496 e. The van der Waals surface area contributed by atoms with Crippen molar-refractivity contribution >= 4 is 5.91 Å². The predicted molar refractivity (Wildman–Crippen MR) is 119 cm³/mol. The molecule has 2 aliphatic heterocycles. The lowest BCUT2D eigenvalue weighted by Gasteiger charge is -2.39. The molecule has 3 aromatic rings. The van der Waals surface area contributed by atoms with Crippen molar-refractivity contribution < 1.29 is 14.3 Å². The van der Waals surface area contributed by atoms with Gasteiger partial charge in [0.1, 0.15) is 11.9 Å². The van der Waals surface area contributed by atoms with Crippen molar-refractivity contribution in [2.45, 2.75) is 43.9 Å². The van der Waals surface area contributed by atoms with Crippen LogP contribution in [0, 0.1) is 0 Å². The summed E-state index contributed by atoms with van der Waals surface area (Å²) in [6.45, 7) is 0. The van der Waals surface area contributed by atoms with Crippen molar-refractivity contribution in [3.8, 4) is 17.3 Å². The number of carbonyl (C=O) groups excluding carboxylic acids is 1. The summed E-state index contributed by atoms with van der Waals surface area (Å²) in [7, 11) is 1.49. The van der Waals surface area contributed by atoms with Gasteiger partial charge >= 0.3 is 0 Å². The Balaban J connectivity index is 1.42. The maximum atomic E-state index is 13.7. The summed E-state index contributed by atoms with van der Waals surface area (Å²) >= 11 is 0. The standard InChI is InChI=1S/C25H25N3O4/c1-31-22-15-24(29)27(17-7-3-2-4-8-17)16-21(22)25(30)28-18-10-11-19(28)14-20(13-18)32-23-9-5-6-12-26-23/h2-9,12,15-16,18-20H,10-11,13-14H2,1H3. The lowest BCUT2D eigenvalue weighted by atomic mass is 9.98. The monoisotopic (exact) mass is 431 g/mol. The van der Waals surface area contributed by atoms with Gasteiger partial charge in [0.05, 0.1) is 12.7 Å². The summed E-state index contributed by atoms with van der Waals surface area (Å²) in [6.07, 6.45) is 6.77.